The molecule has 1 aromatic heterocycles. The van der Waals surface area contributed by atoms with Crippen LogP contribution in [0.25, 0.3) is 5.69 Å². The lowest BCUT2D eigenvalue weighted by molar-refractivity contribution is 0.0466. The van der Waals surface area contributed by atoms with Crippen LogP contribution in [0.1, 0.15) is 21.6 Å². The molecule has 3 aromatic rings. The molecule has 0 radical (unpaired) electrons. The predicted octanol–water partition coefficient (Wildman–Crippen LogP) is 2.94. The fraction of sp³-hybridized carbons (Fsp3) is 0.158. The quantitative estimate of drug-likeness (QED) is 0.645. The second-order valence-corrected chi connectivity index (χ2v) is 7.93. The van der Waals surface area contributed by atoms with Crippen LogP contribution in [0, 0.1) is 6.92 Å². The van der Waals surface area contributed by atoms with Crippen LogP contribution in [-0.2, 0) is 21.2 Å². The normalized spacial score (nSPS) is 11.3. The number of hydrogen-bond donors (Lipinski definition) is 0. The van der Waals surface area contributed by atoms with Gasteiger partial charge in [-0.2, -0.15) is 5.10 Å². The van der Waals surface area contributed by atoms with Crippen LogP contribution in [0.3, 0.4) is 0 Å². The number of nitrogens with zero attached hydrogens (tertiary/aromatic N) is 2. The number of aromatic nitrogens is 2. The SMILES string of the molecule is Cc1ccc(S(C)(=O)=O)cc1C(=O)OCc1ccn(-c2ccccc2)n1. The van der Waals surface area contributed by atoms with Crippen LogP contribution in [0.2, 0.25) is 0 Å². The molecule has 2 aromatic carbocycles. The average molecular weight is 370 g/mol. The molecule has 0 fully saturated rings. The van der Waals surface area contributed by atoms with E-state index < -0.39 is 15.8 Å². The van der Waals surface area contributed by atoms with Crippen LogP contribution < -0.4 is 0 Å². The molecule has 3 rings (SSSR count). The van der Waals surface area contributed by atoms with Gasteiger partial charge in [-0.15, -0.1) is 0 Å². The maximum Gasteiger partial charge on any atom is 0.338 e. The highest BCUT2D eigenvalue weighted by Gasteiger charge is 2.16. The van der Waals surface area contributed by atoms with Crippen molar-refractivity contribution in [3.8, 4) is 5.69 Å². The number of esters is 1. The van der Waals surface area contributed by atoms with E-state index in [4.69, 9.17) is 4.74 Å². The van der Waals surface area contributed by atoms with E-state index in [0.717, 1.165) is 11.9 Å². The largest absolute Gasteiger partial charge is 0.455 e. The summed E-state index contributed by atoms with van der Waals surface area (Å²) < 4.78 is 30.3. The number of benzene rings is 2. The Bertz CT molecular complexity index is 1040. The molecule has 1 heterocycles. The van der Waals surface area contributed by atoms with E-state index in [1.807, 2.05) is 30.3 Å². The molecule has 134 valence electrons. The van der Waals surface area contributed by atoms with Crippen molar-refractivity contribution in [1.82, 2.24) is 9.78 Å². The molecule has 0 unspecified atom stereocenters. The summed E-state index contributed by atoms with van der Waals surface area (Å²) in [5.41, 5.74) is 2.38. The summed E-state index contributed by atoms with van der Waals surface area (Å²) in [5, 5.41) is 4.37. The number of aryl methyl sites for hydroxylation is 1. The number of hydrogen-bond acceptors (Lipinski definition) is 5. The van der Waals surface area contributed by atoms with Gasteiger partial charge in [0.05, 0.1) is 16.1 Å². The zero-order chi connectivity index (χ0) is 18.7. The maximum absolute atomic E-state index is 12.3. The van der Waals surface area contributed by atoms with E-state index in [-0.39, 0.29) is 17.1 Å². The number of rotatable bonds is 5. The molecule has 0 aliphatic heterocycles. The first-order chi connectivity index (χ1) is 12.3. The number of carbonyl (C=O) groups is 1. The molecule has 0 amide bonds. The van der Waals surface area contributed by atoms with E-state index >= 15 is 0 Å². The first-order valence-corrected chi connectivity index (χ1v) is 9.81. The lowest BCUT2D eigenvalue weighted by atomic mass is 10.1. The topological polar surface area (TPSA) is 78.3 Å². The molecule has 6 nitrogen and oxygen atoms in total. The van der Waals surface area contributed by atoms with Gasteiger partial charge in [0.1, 0.15) is 12.3 Å². The predicted molar refractivity (Wildman–Crippen MR) is 97.0 cm³/mol. The lowest BCUT2D eigenvalue weighted by Gasteiger charge is -2.08. The third-order valence-corrected chi connectivity index (χ3v) is 4.98. The molecule has 0 saturated heterocycles. The van der Waals surface area contributed by atoms with E-state index in [2.05, 4.69) is 5.10 Å². The van der Waals surface area contributed by atoms with E-state index in [9.17, 15) is 13.2 Å². The van der Waals surface area contributed by atoms with E-state index in [0.29, 0.717) is 11.3 Å². The monoisotopic (exact) mass is 370 g/mol. The Kier molecular flexibility index (Phi) is 4.90. The van der Waals surface area contributed by atoms with Gasteiger partial charge in [0.15, 0.2) is 9.84 Å². The molecule has 0 aliphatic carbocycles. The fourth-order valence-electron chi connectivity index (χ4n) is 2.43. The molecule has 0 bridgehead atoms. The standard InChI is InChI=1S/C19H18N2O4S/c1-14-8-9-17(26(2,23)24)12-18(14)19(22)25-13-15-10-11-21(20-15)16-6-4-3-5-7-16/h3-12H,13H2,1-2H3. The lowest BCUT2D eigenvalue weighted by Crippen LogP contribution is -2.09. The Hall–Kier alpha value is -2.93. The number of carbonyl (C=O) groups excluding carboxylic acids is 1. The minimum atomic E-state index is -3.39. The highest BCUT2D eigenvalue weighted by molar-refractivity contribution is 7.90. The van der Waals surface area contributed by atoms with Gasteiger partial charge in [0.25, 0.3) is 0 Å². The number of para-hydroxylation sites is 1. The highest BCUT2D eigenvalue weighted by Crippen LogP contribution is 2.17. The van der Waals surface area contributed by atoms with Crippen molar-refractivity contribution in [2.24, 2.45) is 0 Å². The summed E-state index contributed by atoms with van der Waals surface area (Å²) in [5.74, 6) is -0.581. The number of ether oxygens (including phenoxy) is 1. The van der Waals surface area contributed by atoms with Gasteiger partial charge >= 0.3 is 5.97 Å². The van der Waals surface area contributed by atoms with Gasteiger partial charge in [-0.25, -0.2) is 17.9 Å². The van der Waals surface area contributed by atoms with Crippen molar-refractivity contribution in [2.45, 2.75) is 18.4 Å². The molecule has 0 spiro atoms. The van der Waals surface area contributed by atoms with Crippen molar-refractivity contribution < 1.29 is 17.9 Å². The Morgan fingerprint density at radius 1 is 1.12 bits per heavy atom. The van der Waals surface area contributed by atoms with Crippen LogP contribution >= 0.6 is 0 Å². The molecule has 0 saturated carbocycles. The third-order valence-electron chi connectivity index (χ3n) is 3.87. The minimum Gasteiger partial charge on any atom is -0.455 e. The molecular formula is C19H18N2O4S. The van der Waals surface area contributed by atoms with Crippen LogP contribution in [0.4, 0.5) is 0 Å². The average Bonchev–Trinajstić information content (AvgIpc) is 3.09. The smallest absolute Gasteiger partial charge is 0.338 e. The summed E-state index contributed by atoms with van der Waals surface area (Å²) in [6.07, 6.45) is 2.89. The molecule has 0 atom stereocenters. The van der Waals surface area contributed by atoms with E-state index in [1.54, 1.807) is 29.9 Å². The first kappa shape index (κ1) is 17.9. The molecule has 26 heavy (non-hydrogen) atoms. The summed E-state index contributed by atoms with van der Waals surface area (Å²) in [6.45, 7) is 1.73. The second-order valence-electron chi connectivity index (χ2n) is 5.91. The van der Waals surface area contributed by atoms with Crippen LogP contribution in [0.5, 0.6) is 0 Å². The Morgan fingerprint density at radius 2 is 1.85 bits per heavy atom. The first-order valence-electron chi connectivity index (χ1n) is 7.92. The van der Waals surface area contributed by atoms with Crippen molar-refractivity contribution >= 4 is 15.8 Å². The number of sulfone groups is 1. The zero-order valence-corrected chi connectivity index (χ0v) is 15.2. The summed E-state index contributed by atoms with van der Waals surface area (Å²) in [7, 11) is -3.39. The summed E-state index contributed by atoms with van der Waals surface area (Å²) in [4.78, 5) is 12.4. The van der Waals surface area contributed by atoms with Crippen molar-refractivity contribution in [3.63, 3.8) is 0 Å². The van der Waals surface area contributed by atoms with Gasteiger partial charge in [0.2, 0.25) is 0 Å². The summed E-state index contributed by atoms with van der Waals surface area (Å²) in [6, 6.07) is 15.8. The third kappa shape index (κ3) is 4.00. The van der Waals surface area contributed by atoms with Gasteiger partial charge in [-0.05, 0) is 42.8 Å². The van der Waals surface area contributed by atoms with Crippen molar-refractivity contribution in [3.05, 3.63) is 77.6 Å². The Morgan fingerprint density at radius 3 is 2.54 bits per heavy atom. The van der Waals surface area contributed by atoms with Gasteiger partial charge in [-0.1, -0.05) is 24.3 Å². The van der Waals surface area contributed by atoms with Crippen LogP contribution in [0.15, 0.2) is 65.7 Å². The minimum absolute atomic E-state index is 0.00120. The van der Waals surface area contributed by atoms with Gasteiger partial charge < -0.3 is 4.74 Å². The Balaban J connectivity index is 1.73. The molecule has 0 aliphatic rings. The van der Waals surface area contributed by atoms with Gasteiger partial charge in [-0.3, -0.25) is 0 Å². The van der Waals surface area contributed by atoms with E-state index in [1.165, 1.54) is 12.1 Å². The van der Waals surface area contributed by atoms with Crippen LogP contribution in [-0.4, -0.2) is 30.4 Å². The van der Waals surface area contributed by atoms with Gasteiger partial charge in [0, 0.05) is 12.5 Å². The highest BCUT2D eigenvalue weighted by atomic mass is 32.2. The molecular weight excluding hydrogens is 352 g/mol. The molecule has 0 N–H and O–H groups in total. The molecule has 7 heteroatoms. The van der Waals surface area contributed by atoms with Crippen molar-refractivity contribution in [2.75, 3.05) is 6.26 Å². The maximum atomic E-state index is 12.3. The fourth-order valence-corrected chi connectivity index (χ4v) is 3.08. The Labute approximate surface area is 152 Å². The zero-order valence-electron chi connectivity index (χ0n) is 14.4. The second kappa shape index (κ2) is 7.13. The van der Waals surface area contributed by atoms with Crippen molar-refractivity contribution in [1.29, 1.82) is 0 Å². The summed E-state index contributed by atoms with van der Waals surface area (Å²) >= 11 is 0.